The van der Waals surface area contributed by atoms with E-state index in [1.165, 1.54) is 0 Å². The average molecular weight is 377 g/mol. The van der Waals surface area contributed by atoms with Gasteiger partial charge in [-0.3, -0.25) is 9.59 Å². The molecule has 1 aromatic heterocycles. The van der Waals surface area contributed by atoms with Gasteiger partial charge in [-0.05, 0) is 58.6 Å². The maximum absolute atomic E-state index is 11.9. The van der Waals surface area contributed by atoms with Crippen LogP contribution in [0.4, 0.5) is 5.82 Å². The van der Waals surface area contributed by atoms with Gasteiger partial charge in [-0.25, -0.2) is 4.98 Å². The van der Waals surface area contributed by atoms with E-state index >= 15 is 0 Å². The van der Waals surface area contributed by atoms with Crippen molar-refractivity contribution in [3.8, 4) is 5.75 Å². The number of halogens is 1. The molecule has 0 bridgehead atoms. The van der Waals surface area contributed by atoms with Crippen molar-refractivity contribution in [3.63, 3.8) is 0 Å². The molecule has 2 rings (SSSR count). The first kappa shape index (κ1) is 17.1. The zero-order valence-corrected chi connectivity index (χ0v) is 14.3. The molecule has 0 atom stereocenters. The molecule has 0 fully saturated rings. The van der Waals surface area contributed by atoms with Gasteiger partial charge in [-0.2, -0.15) is 0 Å². The largest absolute Gasteiger partial charge is 0.497 e. The van der Waals surface area contributed by atoms with E-state index in [9.17, 15) is 9.59 Å². The molecular weight excluding hydrogens is 360 g/mol. The molecule has 1 N–H and O–H groups in total. The number of benzene rings is 1. The summed E-state index contributed by atoms with van der Waals surface area (Å²) in [6.07, 6.45) is 1.55. The van der Waals surface area contributed by atoms with E-state index in [4.69, 9.17) is 4.74 Å². The van der Waals surface area contributed by atoms with Crippen LogP contribution in [0, 0.1) is 0 Å². The van der Waals surface area contributed by atoms with Crippen molar-refractivity contribution in [3.05, 3.63) is 52.6 Å². The smallest absolute Gasteiger partial charge is 0.292 e. The minimum absolute atomic E-state index is 0.200. The van der Waals surface area contributed by atoms with Crippen molar-refractivity contribution in [2.24, 2.45) is 0 Å². The molecular formula is C17H17BrN2O3. The summed E-state index contributed by atoms with van der Waals surface area (Å²) in [7, 11) is 1.62. The maximum Gasteiger partial charge on any atom is 0.292 e. The summed E-state index contributed by atoms with van der Waals surface area (Å²) in [6.45, 7) is 0. The molecule has 0 saturated heterocycles. The van der Waals surface area contributed by atoms with Gasteiger partial charge in [-0.15, -0.1) is 0 Å². The number of methoxy groups -OCH3 is 1. The molecule has 5 nitrogen and oxygen atoms in total. The normalized spacial score (nSPS) is 10.2. The van der Waals surface area contributed by atoms with Gasteiger partial charge in [0.05, 0.1) is 7.11 Å². The van der Waals surface area contributed by atoms with E-state index in [1.807, 2.05) is 24.3 Å². The van der Waals surface area contributed by atoms with Crippen molar-refractivity contribution in [2.75, 3.05) is 12.4 Å². The summed E-state index contributed by atoms with van der Waals surface area (Å²) in [5.74, 6) is 0.0734. The molecule has 0 unspecified atom stereocenters. The highest BCUT2D eigenvalue weighted by Crippen LogP contribution is 2.14. The number of hydrogen-bond donors (Lipinski definition) is 1. The second-order valence-electron chi connectivity index (χ2n) is 4.92. The Morgan fingerprint density at radius 2 is 1.91 bits per heavy atom. The van der Waals surface area contributed by atoms with Crippen LogP contribution >= 0.6 is 15.9 Å². The molecule has 2 aromatic rings. The summed E-state index contributed by atoms with van der Waals surface area (Å²) in [4.78, 5) is 27.7. The number of pyridine rings is 1. The second kappa shape index (κ2) is 8.43. The van der Waals surface area contributed by atoms with Crippen LogP contribution in [0.2, 0.25) is 0 Å². The first-order valence-electron chi connectivity index (χ1n) is 7.18. The van der Waals surface area contributed by atoms with E-state index in [1.54, 1.807) is 25.3 Å². The number of anilines is 1. The highest BCUT2D eigenvalue weighted by Gasteiger charge is 2.14. The molecule has 0 radical (unpaired) electrons. The fourth-order valence-corrected chi connectivity index (χ4v) is 2.37. The molecule has 1 amide bonds. The van der Waals surface area contributed by atoms with Crippen molar-refractivity contribution >= 4 is 33.4 Å². The second-order valence-corrected chi connectivity index (χ2v) is 5.74. The monoisotopic (exact) mass is 376 g/mol. The summed E-state index contributed by atoms with van der Waals surface area (Å²) in [6, 6.07) is 12.8. The van der Waals surface area contributed by atoms with Gasteiger partial charge in [0.2, 0.25) is 5.78 Å². The Bertz CT molecular complexity index is 686. The summed E-state index contributed by atoms with van der Waals surface area (Å²) in [5.41, 5.74) is 1.10. The van der Waals surface area contributed by atoms with Gasteiger partial charge in [0, 0.05) is 6.42 Å². The van der Waals surface area contributed by atoms with Crippen molar-refractivity contribution in [2.45, 2.75) is 19.3 Å². The van der Waals surface area contributed by atoms with Crippen molar-refractivity contribution in [1.82, 2.24) is 4.98 Å². The zero-order valence-electron chi connectivity index (χ0n) is 12.7. The van der Waals surface area contributed by atoms with Gasteiger partial charge in [0.15, 0.2) is 0 Å². The van der Waals surface area contributed by atoms with E-state index < -0.39 is 11.7 Å². The number of rotatable bonds is 7. The van der Waals surface area contributed by atoms with Gasteiger partial charge in [0.25, 0.3) is 5.91 Å². The average Bonchev–Trinajstić information content (AvgIpc) is 2.55. The fraction of sp³-hybridized carbons (Fsp3) is 0.235. The number of nitrogens with zero attached hydrogens (tertiary/aromatic N) is 1. The minimum Gasteiger partial charge on any atom is -0.497 e. The first-order chi connectivity index (χ1) is 11.1. The summed E-state index contributed by atoms with van der Waals surface area (Å²) >= 11 is 3.21. The van der Waals surface area contributed by atoms with Crippen LogP contribution in [0.15, 0.2) is 47.1 Å². The van der Waals surface area contributed by atoms with Gasteiger partial charge >= 0.3 is 0 Å². The predicted octanol–water partition coefficient (Wildman–Crippen LogP) is 3.38. The SMILES string of the molecule is COc1ccc(CCCC(=O)C(=O)Nc2cccc(Br)n2)cc1. The lowest BCUT2D eigenvalue weighted by Crippen LogP contribution is -2.23. The molecule has 0 aliphatic rings. The highest BCUT2D eigenvalue weighted by molar-refractivity contribution is 9.10. The maximum atomic E-state index is 11.9. The van der Waals surface area contributed by atoms with Crippen LogP contribution in [0.25, 0.3) is 0 Å². The number of hydrogen-bond acceptors (Lipinski definition) is 4. The van der Waals surface area contributed by atoms with Crippen molar-refractivity contribution < 1.29 is 14.3 Å². The topological polar surface area (TPSA) is 68.3 Å². The quantitative estimate of drug-likeness (QED) is 0.593. The molecule has 23 heavy (non-hydrogen) atoms. The minimum atomic E-state index is -0.634. The van der Waals surface area contributed by atoms with Crippen LogP contribution in [0.1, 0.15) is 18.4 Å². The van der Waals surface area contributed by atoms with Crippen LogP contribution < -0.4 is 10.1 Å². The van der Waals surface area contributed by atoms with E-state index in [2.05, 4.69) is 26.2 Å². The van der Waals surface area contributed by atoms with Crippen LogP contribution in [-0.2, 0) is 16.0 Å². The number of carbonyl (C=O) groups excluding carboxylic acids is 2. The number of ketones is 1. The van der Waals surface area contributed by atoms with Crippen LogP contribution in [-0.4, -0.2) is 23.8 Å². The van der Waals surface area contributed by atoms with Crippen molar-refractivity contribution in [1.29, 1.82) is 0 Å². The van der Waals surface area contributed by atoms with Crippen LogP contribution in [0.3, 0.4) is 0 Å². The van der Waals surface area contributed by atoms with Gasteiger partial charge in [0.1, 0.15) is 16.2 Å². The molecule has 0 aliphatic heterocycles. The number of ether oxygens (including phenoxy) is 1. The third-order valence-corrected chi connectivity index (χ3v) is 3.68. The Morgan fingerprint density at radius 1 is 1.17 bits per heavy atom. The number of Topliss-reactive ketones (excluding diaryl/α,β-unsaturated/α-hetero) is 1. The number of aromatic nitrogens is 1. The third-order valence-electron chi connectivity index (χ3n) is 3.24. The number of carbonyl (C=O) groups is 2. The Labute approximate surface area is 143 Å². The molecule has 0 saturated carbocycles. The lowest BCUT2D eigenvalue weighted by atomic mass is 10.1. The molecule has 0 spiro atoms. The lowest BCUT2D eigenvalue weighted by molar-refractivity contribution is -0.134. The molecule has 1 heterocycles. The molecule has 0 aliphatic carbocycles. The van der Waals surface area contributed by atoms with Gasteiger partial charge < -0.3 is 10.1 Å². The first-order valence-corrected chi connectivity index (χ1v) is 7.97. The lowest BCUT2D eigenvalue weighted by Gasteiger charge is -2.05. The van der Waals surface area contributed by atoms with E-state index in [-0.39, 0.29) is 6.42 Å². The number of amides is 1. The predicted molar refractivity (Wildman–Crippen MR) is 91.5 cm³/mol. The van der Waals surface area contributed by atoms with E-state index in [0.717, 1.165) is 17.7 Å². The summed E-state index contributed by atoms with van der Waals surface area (Å²) in [5, 5.41) is 2.50. The number of aryl methyl sites for hydroxylation is 1. The fourth-order valence-electron chi connectivity index (χ4n) is 2.02. The molecule has 6 heteroatoms. The van der Waals surface area contributed by atoms with Gasteiger partial charge in [-0.1, -0.05) is 18.2 Å². The molecule has 120 valence electrons. The Morgan fingerprint density at radius 3 is 2.57 bits per heavy atom. The zero-order chi connectivity index (χ0) is 16.7. The van der Waals surface area contributed by atoms with Crippen LogP contribution in [0.5, 0.6) is 5.75 Å². The number of nitrogens with one attached hydrogen (secondary N) is 1. The standard InChI is InChI=1S/C17H17BrN2O3/c1-23-13-10-8-12(9-11-13)4-2-5-14(21)17(22)20-16-7-3-6-15(18)19-16/h3,6-11H,2,4-5H2,1H3,(H,19,20,22). The Kier molecular flexibility index (Phi) is 6.29. The Hall–Kier alpha value is -2.21. The third kappa shape index (κ3) is 5.49. The highest BCUT2D eigenvalue weighted by atomic mass is 79.9. The summed E-state index contributed by atoms with van der Waals surface area (Å²) < 4.78 is 5.69. The Balaban J connectivity index is 1.78. The molecule has 1 aromatic carbocycles. The van der Waals surface area contributed by atoms with E-state index in [0.29, 0.717) is 16.8 Å².